The van der Waals surface area contributed by atoms with E-state index in [9.17, 15) is 22.0 Å². The number of benzene rings is 2. The van der Waals surface area contributed by atoms with Crippen LogP contribution in [0, 0.1) is 11.6 Å². The van der Waals surface area contributed by atoms with Gasteiger partial charge in [-0.25, -0.2) is 17.2 Å². The van der Waals surface area contributed by atoms with E-state index in [1.54, 1.807) is 0 Å². The van der Waals surface area contributed by atoms with Gasteiger partial charge in [-0.1, -0.05) is 11.6 Å². The van der Waals surface area contributed by atoms with E-state index in [2.05, 4.69) is 5.32 Å². The Labute approximate surface area is 130 Å². The third kappa shape index (κ3) is 4.25. The number of anilines is 1. The highest BCUT2D eigenvalue weighted by atomic mass is 35.5. The number of nitrogens with one attached hydrogen (secondary N) is 1. The van der Waals surface area contributed by atoms with Crippen LogP contribution in [0.4, 0.5) is 14.5 Å². The van der Waals surface area contributed by atoms with Crippen LogP contribution >= 0.6 is 11.6 Å². The molecule has 0 saturated heterocycles. The lowest BCUT2D eigenvalue weighted by atomic mass is 10.3. The van der Waals surface area contributed by atoms with Crippen LogP contribution in [0.3, 0.4) is 0 Å². The SMILES string of the molecule is O=C(CS(=O)(=O)c1ccc(Cl)cc1)Nc1cc(F)cc(F)c1. The topological polar surface area (TPSA) is 63.2 Å². The lowest BCUT2D eigenvalue weighted by molar-refractivity contribution is -0.113. The van der Waals surface area contributed by atoms with Crippen molar-refractivity contribution in [2.24, 2.45) is 0 Å². The minimum Gasteiger partial charge on any atom is -0.325 e. The van der Waals surface area contributed by atoms with Gasteiger partial charge in [0.05, 0.1) is 4.90 Å². The fourth-order valence-corrected chi connectivity index (χ4v) is 2.98. The Morgan fingerprint density at radius 2 is 1.59 bits per heavy atom. The Morgan fingerprint density at radius 3 is 2.14 bits per heavy atom. The number of carbonyl (C=O) groups is 1. The van der Waals surface area contributed by atoms with Gasteiger partial charge in [-0.2, -0.15) is 0 Å². The molecule has 2 aromatic rings. The van der Waals surface area contributed by atoms with E-state index in [1.807, 2.05) is 0 Å². The van der Waals surface area contributed by atoms with Gasteiger partial charge >= 0.3 is 0 Å². The van der Waals surface area contributed by atoms with Crippen LogP contribution in [-0.4, -0.2) is 20.1 Å². The quantitative estimate of drug-likeness (QED) is 0.926. The molecule has 0 aliphatic heterocycles. The molecular formula is C14H10ClF2NO3S. The summed E-state index contributed by atoms with van der Waals surface area (Å²) in [6.07, 6.45) is 0. The zero-order chi connectivity index (χ0) is 16.3. The molecule has 0 spiro atoms. The van der Waals surface area contributed by atoms with Crippen molar-refractivity contribution in [1.82, 2.24) is 0 Å². The molecule has 4 nitrogen and oxygen atoms in total. The molecule has 0 aliphatic carbocycles. The summed E-state index contributed by atoms with van der Waals surface area (Å²) >= 11 is 5.66. The number of rotatable bonds is 4. The molecule has 0 aromatic heterocycles. The largest absolute Gasteiger partial charge is 0.325 e. The normalized spacial score (nSPS) is 11.2. The molecule has 1 amide bonds. The van der Waals surface area contributed by atoms with Gasteiger partial charge in [-0.3, -0.25) is 4.79 Å². The first-order chi connectivity index (χ1) is 10.3. The van der Waals surface area contributed by atoms with Gasteiger partial charge in [0.15, 0.2) is 9.84 Å². The molecule has 0 saturated carbocycles. The second-order valence-corrected chi connectivity index (χ2v) is 6.85. The molecule has 0 atom stereocenters. The fraction of sp³-hybridized carbons (Fsp3) is 0.0714. The maximum atomic E-state index is 13.0. The number of halogens is 3. The van der Waals surface area contributed by atoms with Crippen molar-refractivity contribution < 1.29 is 22.0 Å². The van der Waals surface area contributed by atoms with Crippen molar-refractivity contribution in [3.05, 3.63) is 59.1 Å². The molecule has 116 valence electrons. The van der Waals surface area contributed by atoms with Crippen molar-refractivity contribution in [2.75, 3.05) is 11.1 Å². The fourth-order valence-electron chi connectivity index (χ4n) is 1.72. The van der Waals surface area contributed by atoms with Crippen LogP contribution in [0.5, 0.6) is 0 Å². The van der Waals surface area contributed by atoms with Crippen LogP contribution in [0.1, 0.15) is 0 Å². The first-order valence-corrected chi connectivity index (χ1v) is 8.03. The van der Waals surface area contributed by atoms with Crippen LogP contribution in [0.2, 0.25) is 5.02 Å². The molecule has 0 unspecified atom stereocenters. The van der Waals surface area contributed by atoms with Gasteiger partial charge in [0.25, 0.3) is 0 Å². The summed E-state index contributed by atoms with van der Waals surface area (Å²) in [7, 11) is -3.87. The summed E-state index contributed by atoms with van der Waals surface area (Å²) in [5, 5.41) is 2.50. The molecule has 0 radical (unpaired) electrons. The Hall–Kier alpha value is -1.99. The molecule has 1 N–H and O–H groups in total. The monoisotopic (exact) mass is 345 g/mol. The summed E-state index contributed by atoms with van der Waals surface area (Å²) in [6.45, 7) is 0. The number of amides is 1. The van der Waals surface area contributed by atoms with E-state index in [-0.39, 0.29) is 10.6 Å². The molecule has 0 heterocycles. The van der Waals surface area contributed by atoms with E-state index in [0.717, 1.165) is 12.1 Å². The highest BCUT2D eigenvalue weighted by molar-refractivity contribution is 7.92. The van der Waals surface area contributed by atoms with Crippen molar-refractivity contribution in [3.8, 4) is 0 Å². The van der Waals surface area contributed by atoms with Gasteiger partial charge in [-0.15, -0.1) is 0 Å². The number of sulfone groups is 1. The van der Waals surface area contributed by atoms with Crippen molar-refractivity contribution in [2.45, 2.75) is 4.90 Å². The van der Waals surface area contributed by atoms with Crippen LogP contribution in [-0.2, 0) is 14.6 Å². The smallest absolute Gasteiger partial charge is 0.239 e. The van der Waals surface area contributed by atoms with Crippen molar-refractivity contribution in [3.63, 3.8) is 0 Å². The number of carbonyl (C=O) groups excluding carboxylic acids is 1. The van der Waals surface area contributed by atoms with Crippen LogP contribution in [0.25, 0.3) is 0 Å². The highest BCUT2D eigenvalue weighted by Crippen LogP contribution is 2.17. The van der Waals surface area contributed by atoms with E-state index < -0.39 is 33.1 Å². The first kappa shape index (κ1) is 16.4. The zero-order valence-corrected chi connectivity index (χ0v) is 12.6. The average molecular weight is 346 g/mol. The second-order valence-electron chi connectivity index (χ2n) is 4.42. The molecule has 0 fully saturated rings. The Morgan fingerprint density at radius 1 is 1.05 bits per heavy atom. The van der Waals surface area contributed by atoms with Crippen molar-refractivity contribution in [1.29, 1.82) is 0 Å². The highest BCUT2D eigenvalue weighted by Gasteiger charge is 2.19. The summed E-state index contributed by atoms with van der Waals surface area (Å²) in [5.74, 6) is -3.51. The third-order valence-corrected chi connectivity index (χ3v) is 4.52. The van der Waals surface area contributed by atoms with Crippen molar-refractivity contribution >= 4 is 33.0 Å². The minimum atomic E-state index is -3.87. The number of hydrogen-bond acceptors (Lipinski definition) is 3. The Balaban J connectivity index is 2.12. The predicted molar refractivity (Wildman–Crippen MR) is 78.5 cm³/mol. The maximum Gasteiger partial charge on any atom is 0.239 e. The summed E-state index contributed by atoms with van der Waals surface area (Å²) in [5.41, 5.74) is -0.159. The van der Waals surface area contributed by atoms with E-state index in [1.165, 1.54) is 24.3 Å². The lowest BCUT2D eigenvalue weighted by Gasteiger charge is -2.07. The number of hydrogen-bond donors (Lipinski definition) is 1. The molecule has 2 rings (SSSR count). The van der Waals surface area contributed by atoms with E-state index in [0.29, 0.717) is 11.1 Å². The Bertz CT molecular complexity index is 787. The second kappa shape index (κ2) is 6.41. The van der Waals surface area contributed by atoms with E-state index >= 15 is 0 Å². The van der Waals surface area contributed by atoms with Gasteiger partial charge < -0.3 is 5.32 Å². The minimum absolute atomic E-state index is 0.0718. The Kier molecular flexibility index (Phi) is 4.77. The molecule has 0 bridgehead atoms. The average Bonchev–Trinajstić information content (AvgIpc) is 2.36. The van der Waals surface area contributed by atoms with Crippen LogP contribution < -0.4 is 5.32 Å². The van der Waals surface area contributed by atoms with Gasteiger partial charge in [0.1, 0.15) is 17.4 Å². The third-order valence-electron chi connectivity index (χ3n) is 2.64. The maximum absolute atomic E-state index is 13.0. The summed E-state index contributed by atoms with van der Waals surface area (Å²) < 4.78 is 50.0. The van der Waals surface area contributed by atoms with Gasteiger partial charge in [-0.05, 0) is 36.4 Å². The van der Waals surface area contributed by atoms with E-state index in [4.69, 9.17) is 11.6 Å². The zero-order valence-electron chi connectivity index (χ0n) is 11.0. The van der Waals surface area contributed by atoms with Gasteiger partial charge in [0, 0.05) is 16.8 Å². The van der Waals surface area contributed by atoms with Gasteiger partial charge in [0.2, 0.25) is 5.91 Å². The predicted octanol–water partition coefficient (Wildman–Crippen LogP) is 3.03. The lowest BCUT2D eigenvalue weighted by Crippen LogP contribution is -2.23. The molecule has 8 heteroatoms. The molecule has 22 heavy (non-hydrogen) atoms. The standard InChI is InChI=1S/C14H10ClF2NO3S/c15-9-1-3-13(4-2-9)22(20,21)8-14(19)18-12-6-10(16)5-11(17)7-12/h1-7H,8H2,(H,18,19). The summed E-state index contributed by atoms with van der Waals surface area (Å²) in [4.78, 5) is 11.7. The van der Waals surface area contributed by atoms with Crippen LogP contribution in [0.15, 0.2) is 47.4 Å². The molecular weight excluding hydrogens is 336 g/mol. The molecule has 0 aliphatic rings. The first-order valence-electron chi connectivity index (χ1n) is 6.00. The summed E-state index contributed by atoms with van der Waals surface area (Å²) in [6, 6.07) is 7.72. The molecule has 2 aromatic carbocycles.